The summed E-state index contributed by atoms with van der Waals surface area (Å²) in [4.78, 5) is 0. The van der Waals surface area contributed by atoms with Gasteiger partial charge >= 0.3 is 0 Å². The highest BCUT2D eigenvalue weighted by atomic mass is 35.5. The average molecular weight is 129 g/mol. The van der Waals surface area contributed by atoms with Gasteiger partial charge < -0.3 is 0 Å². The maximum absolute atomic E-state index is 11.8. The lowest BCUT2D eigenvalue weighted by Gasteiger charge is -1.82. The van der Waals surface area contributed by atoms with Crippen LogP contribution in [0.5, 0.6) is 0 Å². The number of hydrogen-bond donors (Lipinski definition) is 0. The van der Waals surface area contributed by atoms with Crippen molar-refractivity contribution in [3.8, 4) is 0 Å². The van der Waals surface area contributed by atoms with Crippen molar-refractivity contribution < 1.29 is 4.39 Å². The van der Waals surface area contributed by atoms with Crippen LogP contribution >= 0.6 is 23.2 Å². The van der Waals surface area contributed by atoms with E-state index in [4.69, 9.17) is 23.2 Å². The molecule has 3 heteroatoms. The quantitative estimate of drug-likeness (QED) is 0.438. The predicted molar refractivity (Wildman–Crippen MR) is 23.9 cm³/mol. The van der Waals surface area contributed by atoms with E-state index in [1.165, 1.54) is 0 Å². The van der Waals surface area contributed by atoms with Gasteiger partial charge in [-0.3, -0.25) is 0 Å². The Kier molecular flexibility index (Phi) is 0.789. The molecule has 36 valence electrons. The Labute approximate surface area is 45.2 Å². The number of hydrogen-bond acceptors (Lipinski definition) is 0. The van der Waals surface area contributed by atoms with Crippen LogP contribution in [-0.2, 0) is 0 Å². The van der Waals surface area contributed by atoms with Gasteiger partial charge in [0, 0.05) is 6.42 Å². The molecule has 0 nitrogen and oxygen atoms in total. The van der Waals surface area contributed by atoms with Crippen molar-refractivity contribution in [2.45, 2.75) is 16.9 Å². The summed E-state index contributed by atoms with van der Waals surface area (Å²) in [5.41, 5.74) is 0. The monoisotopic (exact) mass is 128 g/mol. The van der Waals surface area contributed by atoms with Crippen molar-refractivity contribution >= 4 is 23.2 Å². The van der Waals surface area contributed by atoms with Crippen LogP contribution in [0.1, 0.15) is 6.42 Å². The highest BCUT2D eigenvalue weighted by molar-refractivity contribution is 6.35. The molecular weight excluding hydrogens is 126 g/mol. The lowest BCUT2D eigenvalue weighted by Crippen LogP contribution is -1.86. The Morgan fingerprint density at radius 1 is 1.83 bits per heavy atom. The van der Waals surface area contributed by atoms with Gasteiger partial charge in [-0.1, -0.05) is 11.6 Å². The van der Waals surface area contributed by atoms with E-state index < -0.39 is 10.5 Å². The second-order valence-corrected chi connectivity index (χ2v) is 2.59. The molecule has 2 unspecified atom stereocenters. The van der Waals surface area contributed by atoms with Crippen LogP contribution in [0.2, 0.25) is 0 Å². The molecule has 0 N–H and O–H groups in total. The Bertz CT molecular complexity index is 71.2. The lowest BCUT2D eigenvalue weighted by atomic mass is 10.9. The van der Waals surface area contributed by atoms with Gasteiger partial charge in [0.25, 0.3) is 0 Å². The summed E-state index contributed by atoms with van der Waals surface area (Å²) in [6.07, 6.45) is 0.302. The molecule has 1 aliphatic carbocycles. The number of halogens is 3. The molecule has 1 fully saturated rings. The third kappa shape index (κ3) is 0.614. The fourth-order valence-corrected chi connectivity index (χ4v) is 0.638. The van der Waals surface area contributed by atoms with Crippen LogP contribution < -0.4 is 0 Å². The Balaban J connectivity index is 2.41. The van der Waals surface area contributed by atoms with E-state index in [0.29, 0.717) is 6.42 Å². The first-order valence-corrected chi connectivity index (χ1v) is 2.46. The Hall–Kier alpha value is 0.510. The fourth-order valence-electron chi connectivity index (χ4n) is 0.180. The van der Waals surface area contributed by atoms with E-state index in [1.54, 1.807) is 0 Å². The zero-order valence-electron chi connectivity index (χ0n) is 2.92. The minimum absolute atomic E-state index is 0.302. The molecule has 0 heterocycles. The van der Waals surface area contributed by atoms with E-state index in [9.17, 15) is 4.39 Å². The molecule has 0 bridgehead atoms. The summed E-state index contributed by atoms with van der Waals surface area (Å²) in [6, 6.07) is 0. The maximum Gasteiger partial charge on any atom is 0.201 e. The van der Waals surface area contributed by atoms with Gasteiger partial charge in [0.2, 0.25) is 5.13 Å². The van der Waals surface area contributed by atoms with E-state index in [0.717, 1.165) is 0 Å². The maximum atomic E-state index is 11.8. The van der Waals surface area contributed by atoms with Gasteiger partial charge in [0.15, 0.2) is 0 Å². The molecule has 0 aliphatic heterocycles. The van der Waals surface area contributed by atoms with Gasteiger partial charge in [-0.05, 0) is 0 Å². The molecule has 1 rings (SSSR count). The van der Waals surface area contributed by atoms with Crippen LogP contribution in [-0.4, -0.2) is 10.5 Å². The third-order valence-electron chi connectivity index (χ3n) is 0.750. The summed E-state index contributed by atoms with van der Waals surface area (Å²) in [5.74, 6) is 0. The molecule has 0 aromatic rings. The minimum Gasteiger partial charge on any atom is -0.225 e. The minimum atomic E-state index is -1.55. The molecule has 6 heavy (non-hydrogen) atoms. The molecule has 0 aromatic carbocycles. The first-order valence-electron chi connectivity index (χ1n) is 1.65. The zero-order valence-corrected chi connectivity index (χ0v) is 4.43. The van der Waals surface area contributed by atoms with Gasteiger partial charge in [0.1, 0.15) is 0 Å². The molecular formula is C3H3Cl2F. The van der Waals surface area contributed by atoms with Crippen molar-refractivity contribution in [2.75, 3.05) is 0 Å². The van der Waals surface area contributed by atoms with Gasteiger partial charge in [-0.2, -0.15) is 0 Å². The molecule has 0 spiro atoms. The molecule has 0 aromatic heterocycles. The summed E-state index contributed by atoms with van der Waals surface area (Å²) in [7, 11) is 0. The summed E-state index contributed by atoms with van der Waals surface area (Å²) >= 11 is 10.2. The van der Waals surface area contributed by atoms with Gasteiger partial charge in [0.05, 0.1) is 5.38 Å². The first-order chi connectivity index (χ1) is 2.63. The summed E-state index contributed by atoms with van der Waals surface area (Å²) < 4.78 is 11.8. The standard InChI is InChI=1S/C3H3Cl2F/c4-2-1-3(2,5)6/h2H,1H2. The predicted octanol–water partition coefficient (Wildman–Crippen LogP) is 1.90. The van der Waals surface area contributed by atoms with Gasteiger partial charge in [-0.25, -0.2) is 4.39 Å². The van der Waals surface area contributed by atoms with Crippen LogP contribution in [0.15, 0.2) is 0 Å². The average Bonchev–Trinajstić information content (AvgIpc) is 1.73. The number of rotatable bonds is 0. The Morgan fingerprint density at radius 3 is 2.00 bits per heavy atom. The third-order valence-corrected chi connectivity index (χ3v) is 1.78. The number of alkyl halides is 3. The van der Waals surface area contributed by atoms with Gasteiger partial charge in [-0.15, -0.1) is 11.6 Å². The molecule has 2 atom stereocenters. The van der Waals surface area contributed by atoms with Crippen molar-refractivity contribution in [1.82, 2.24) is 0 Å². The van der Waals surface area contributed by atoms with Crippen LogP contribution in [0.25, 0.3) is 0 Å². The van der Waals surface area contributed by atoms with E-state index in [1.807, 2.05) is 0 Å². The normalized spacial score (nSPS) is 55.5. The van der Waals surface area contributed by atoms with E-state index >= 15 is 0 Å². The molecule has 0 amide bonds. The van der Waals surface area contributed by atoms with E-state index in [2.05, 4.69) is 0 Å². The highest BCUT2D eigenvalue weighted by Gasteiger charge is 2.53. The van der Waals surface area contributed by atoms with Crippen molar-refractivity contribution in [3.05, 3.63) is 0 Å². The summed E-state index contributed by atoms with van der Waals surface area (Å²) in [6.45, 7) is 0. The SMILES string of the molecule is FC1(Cl)CC1Cl. The topological polar surface area (TPSA) is 0 Å². The molecule has 1 saturated carbocycles. The Morgan fingerprint density at radius 2 is 2.00 bits per heavy atom. The fraction of sp³-hybridized carbons (Fsp3) is 1.00. The first kappa shape index (κ1) is 4.66. The zero-order chi connectivity index (χ0) is 4.78. The van der Waals surface area contributed by atoms with Crippen LogP contribution in [0.3, 0.4) is 0 Å². The highest BCUT2D eigenvalue weighted by Crippen LogP contribution is 2.48. The van der Waals surface area contributed by atoms with E-state index in [-0.39, 0.29) is 0 Å². The summed E-state index contributed by atoms with van der Waals surface area (Å²) in [5, 5.41) is -1.99. The molecule has 0 radical (unpaired) electrons. The van der Waals surface area contributed by atoms with Crippen LogP contribution in [0.4, 0.5) is 4.39 Å². The largest absolute Gasteiger partial charge is 0.225 e. The second kappa shape index (κ2) is 1.01. The smallest absolute Gasteiger partial charge is 0.201 e. The lowest BCUT2D eigenvalue weighted by molar-refractivity contribution is 0.429. The van der Waals surface area contributed by atoms with Crippen molar-refractivity contribution in [3.63, 3.8) is 0 Å². The van der Waals surface area contributed by atoms with Crippen molar-refractivity contribution in [2.24, 2.45) is 0 Å². The molecule has 1 aliphatic rings. The molecule has 0 saturated heterocycles. The second-order valence-electron chi connectivity index (χ2n) is 1.43. The van der Waals surface area contributed by atoms with Crippen LogP contribution in [0, 0.1) is 0 Å². The van der Waals surface area contributed by atoms with Crippen molar-refractivity contribution in [1.29, 1.82) is 0 Å².